The number of phenols is 1. The van der Waals surface area contributed by atoms with Crippen molar-refractivity contribution in [1.29, 1.82) is 0 Å². The summed E-state index contributed by atoms with van der Waals surface area (Å²) < 4.78 is 39.3. The second kappa shape index (κ2) is 4.89. The van der Waals surface area contributed by atoms with E-state index >= 15 is 0 Å². The van der Waals surface area contributed by atoms with Gasteiger partial charge in [0.2, 0.25) is 0 Å². The zero-order valence-electron chi connectivity index (χ0n) is 10.1. The topological polar surface area (TPSA) is 66.4 Å². The number of nitrogens with one attached hydrogen (secondary N) is 1. The average molecular weight is 281 g/mol. The third-order valence-corrected chi connectivity index (χ3v) is 3.95. The molecule has 0 aliphatic carbocycles. The van der Waals surface area contributed by atoms with Gasteiger partial charge < -0.3 is 5.11 Å². The monoisotopic (exact) mass is 281 g/mol. The van der Waals surface area contributed by atoms with Gasteiger partial charge in [-0.25, -0.2) is 12.8 Å². The minimum atomic E-state index is -3.93. The smallest absolute Gasteiger partial charge is 0.262 e. The molecule has 0 atom stereocenters. The van der Waals surface area contributed by atoms with Gasteiger partial charge in [-0.15, -0.1) is 0 Å². The molecule has 2 aromatic rings. The molecule has 0 spiro atoms. The minimum absolute atomic E-state index is 0.0595. The number of hydrogen-bond donors (Lipinski definition) is 2. The summed E-state index contributed by atoms with van der Waals surface area (Å²) in [5.41, 5.74) is 0.601. The molecular formula is C13H12FNO3S. The second-order valence-electron chi connectivity index (χ2n) is 4.03. The predicted octanol–water partition coefficient (Wildman–Crippen LogP) is 2.64. The van der Waals surface area contributed by atoms with Crippen LogP contribution in [0.2, 0.25) is 0 Å². The van der Waals surface area contributed by atoms with Gasteiger partial charge in [-0.05, 0) is 36.8 Å². The summed E-state index contributed by atoms with van der Waals surface area (Å²) in [6.45, 7) is 1.65. The van der Waals surface area contributed by atoms with Crippen molar-refractivity contribution in [2.45, 2.75) is 11.8 Å². The molecule has 100 valence electrons. The molecule has 6 heteroatoms. The van der Waals surface area contributed by atoms with Gasteiger partial charge in [0, 0.05) is 0 Å². The van der Waals surface area contributed by atoms with Crippen LogP contribution in [0.5, 0.6) is 5.75 Å². The maximum absolute atomic E-state index is 13.0. The van der Waals surface area contributed by atoms with E-state index in [-0.39, 0.29) is 16.3 Å². The molecule has 2 rings (SSSR count). The Morgan fingerprint density at radius 2 is 1.84 bits per heavy atom. The molecule has 0 aliphatic rings. The molecule has 2 N–H and O–H groups in total. The first-order valence-electron chi connectivity index (χ1n) is 5.47. The highest BCUT2D eigenvalue weighted by Crippen LogP contribution is 2.28. The van der Waals surface area contributed by atoms with Crippen molar-refractivity contribution >= 4 is 15.7 Å². The molecule has 0 radical (unpaired) electrons. The Hall–Kier alpha value is -2.08. The third kappa shape index (κ3) is 2.85. The zero-order valence-corrected chi connectivity index (χ0v) is 10.9. The van der Waals surface area contributed by atoms with Crippen LogP contribution in [0.4, 0.5) is 10.1 Å². The highest BCUT2D eigenvalue weighted by atomic mass is 32.2. The third-order valence-electron chi connectivity index (χ3n) is 2.59. The standard InChI is InChI=1S/C13H12FNO3S/c1-9-4-2-7-12(13(9)16)15-19(17,18)11-6-3-5-10(14)8-11/h2-8,15-16H,1H3. The quantitative estimate of drug-likeness (QED) is 0.850. The maximum Gasteiger partial charge on any atom is 0.262 e. The van der Waals surface area contributed by atoms with E-state index in [0.717, 1.165) is 12.1 Å². The summed E-state index contributed by atoms with van der Waals surface area (Å²) in [6, 6.07) is 9.34. The number of aryl methyl sites for hydroxylation is 1. The number of benzene rings is 2. The molecule has 0 saturated carbocycles. The van der Waals surface area contributed by atoms with Gasteiger partial charge in [0.25, 0.3) is 10.0 Å². The molecule has 0 aliphatic heterocycles. The first-order valence-corrected chi connectivity index (χ1v) is 6.95. The van der Waals surface area contributed by atoms with Gasteiger partial charge >= 0.3 is 0 Å². The Morgan fingerprint density at radius 3 is 2.53 bits per heavy atom. The fourth-order valence-corrected chi connectivity index (χ4v) is 2.68. The van der Waals surface area contributed by atoms with E-state index in [1.165, 1.54) is 18.2 Å². The van der Waals surface area contributed by atoms with E-state index in [1.807, 2.05) is 0 Å². The lowest BCUT2D eigenvalue weighted by molar-refractivity contribution is 0.473. The Bertz CT molecular complexity index is 714. The molecular weight excluding hydrogens is 269 g/mol. The summed E-state index contributed by atoms with van der Waals surface area (Å²) in [7, 11) is -3.93. The van der Waals surface area contributed by atoms with Gasteiger partial charge in [0.15, 0.2) is 0 Å². The van der Waals surface area contributed by atoms with Crippen molar-refractivity contribution in [1.82, 2.24) is 0 Å². The molecule has 4 nitrogen and oxygen atoms in total. The van der Waals surface area contributed by atoms with E-state index in [9.17, 15) is 17.9 Å². The van der Waals surface area contributed by atoms with Gasteiger partial charge in [-0.2, -0.15) is 0 Å². The molecule has 2 aromatic carbocycles. The first-order chi connectivity index (χ1) is 8.90. The number of anilines is 1. The fourth-order valence-electron chi connectivity index (χ4n) is 1.58. The molecule has 0 bridgehead atoms. The number of hydrogen-bond acceptors (Lipinski definition) is 3. The summed E-state index contributed by atoms with van der Waals surface area (Å²) in [4.78, 5) is -0.201. The lowest BCUT2D eigenvalue weighted by Crippen LogP contribution is -2.13. The summed E-state index contributed by atoms with van der Waals surface area (Å²) >= 11 is 0. The van der Waals surface area contributed by atoms with Crippen LogP contribution < -0.4 is 4.72 Å². The second-order valence-corrected chi connectivity index (χ2v) is 5.72. The van der Waals surface area contributed by atoms with E-state index in [2.05, 4.69) is 4.72 Å². The SMILES string of the molecule is Cc1cccc(NS(=O)(=O)c2cccc(F)c2)c1O. The number of sulfonamides is 1. The van der Waals surface area contributed by atoms with Gasteiger partial charge in [-0.3, -0.25) is 4.72 Å². The lowest BCUT2D eigenvalue weighted by atomic mass is 10.2. The van der Waals surface area contributed by atoms with Crippen molar-refractivity contribution in [2.24, 2.45) is 0 Å². The van der Waals surface area contributed by atoms with Crippen molar-refractivity contribution in [3.8, 4) is 5.75 Å². The van der Waals surface area contributed by atoms with Crippen LogP contribution in [0.25, 0.3) is 0 Å². The number of halogens is 1. The number of phenolic OH excluding ortho intramolecular Hbond substituents is 1. The first kappa shape index (κ1) is 13.4. The maximum atomic E-state index is 13.0. The zero-order chi connectivity index (χ0) is 14.0. The summed E-state index contributed by atoms with van der Waals surface area (Å²) in [6.07, 6.45) is 0. The fraction of sp³-hybridized carbons (Fsp3) is 0.0769. The van der Waals surface area contributed by atoms with Gasteiger partial charge in [-0.1, -0.05) is 18.2 Å². The van der Waals surface area contributed by atoms with Crippen molar-refractivity contribution in [2.75, 3.05) is 4.72 Å². The normalized spacial score (nSPS) is 11.3. The van der Waals surface area contributed by atoms with Crippen LogP contribution in [0.3, 0.4) is 0 Å². The number of para-hydroxylation sites is 1. The molecule has 0 amide bonds. The molecule has 0 saturated heterocycles. The molecule has 0 aromatic heterocycles. The van der Waals surface area contributed by atoms with E-state index in [4.69, 9.17) is 0 Å². The Labute approximate surface area is 110 Å². The minimum Gasteiger partial charge on any atom is -0.505 e. The van der Waals surface area contributed by atoms with Crippen LogP contribution >= 0.6 is 0 Å². The van der Waals surface area contributed by atoms with Crippen LogP contribution in [0, 0.1) is 12.7 Å². The molecule has 0 heterocycles. The average Bonchev–Trinajstić information content (AvgIpc) is 2.35. The highest BCUT2D eigenvalue weighted by molar-refractivity contribution is 7.92. The Morgan fingerprint density at radius 1 is 1.16 bits per heavy atom. The molecule has 0 unspecified atom stereocenters. The molecule has 19 heavy (non-hydrogen) atoms. The predicted molar refractivity (Wildman–Crippen MR) is 70.1 cm³/mol. The lowest BCUT2D eigenvalue weighted by Gasteiger charge is -2.10. The van der Waals surface area contributed by atoms with Crippen molar-refractivity contribution in [3.05, 3.63) is 53.8 Å². The largest absolute Gasteiger partial charge is 0.505 e. The molecule has 0 fully saturated rings. The van der Waals surface area contributed by atoms with Crippen LogP contribution in [-0.4, -0.2) is 13.5 Å². The van der Waals surface area contributed by atoms with Crippen LogP contribution in [0.15, 0.2) is 47.4 Å². The van der Waals surface area contributed by atoms with Gasteiger partial charge in [0.05, 0.1) is 10.6 Å². The van der Waals surface area contributed by atoms with Gasteiger partial charge in [0.1, 0.15) is 11.6 Å². The van der Waals surface area contributed by atoms with E-state index in [0.29, 0.717) is 5.56 Å². The van der Waals surface area contributed by atoms with Crippen LogP contribution in [0.1, 0.15) is 5.56 Å². The van der Waals surface area contributed by atoms with Crippen molar-refractivity contribution in [3.63, 3.8) is 0 Å². The van der Waals surface area contributed by atoms with Crippen LogP contribution in [-0.2, 0) is 10.0 Å². The summed E-state index contributed by atoms with van der Waals surface area (Å²) in [5, 5.41) is 9.76. The summed E-state index contributed by atoms with van der Waals surface area (Å²) in [5.74, 6) is -0.793. The Kier molecular flexibility index (Phi) is 3.44. The van der Waals surface area contributed by atoms with Crippen molar-refractivity contribution < 1.29 is 17.9 Å². The number of aromatic hydroxyl groups is 1. The Balaban J connectivity index is 2.39. The van der Waals surface area contributed by atoms with E-state index < -0.39 is 15.8 Å². The van der Waals surface area contributed by atoms with E-state index in [1.54, 1.807) is 19.1 Å². The highest BCUT2D eigenvalue weighted by Gasteiger charge is 2.17. The number of rotatable bonds is 3.